The summed E-state index contributed by atoms with van der Waals surface area (Å²) in [6, 6.07) is 0.617. The van der Waals surface area contributed by atoms with Crippen LogP contribution in [0.2, 0.25) is 0 Å². The molecule has 0 aromatic carbocycles. The molecule has 0 saturated carbocycles. The van der Waals surface area contributed by atoms with E-state index in [0.717, 1.165) is 25.9 Å². The minimum atomic E-state index is 0.0907. The van der Waals surface area contributed by atoms with Crippen LogP contribution in [0.5, 0.6) is 0 Å². The predicted octanol–water partition coefficient (Wildman–Crippen LogP) is 0.668. The van der Waals surface area contributed by atoms with Gasteiger partial charge >= 0.3 is 0 Å². The van der Waals surface area contributed by atoms with Crippen molar-refractivity contribution in [3.63, 3.8) is 0 Å². The number of amides is 1. The molecule has 2 heterocycles. The molecular weight excluding hydrogens is 214 g/mol. The lowest BCUT2D eigenvalue weighted by molar-refractivity contribution is -0.135. The molecule has 2 atom stereocenters. The Labute approximate surface area is 104 Å². The van der Waals surface area contributed by atoms with Gasteiger partial charge in [0.15, 0.2) is 0 Å². The van der Waals surface area contributed by atoms with E-state index in [4.69, 9.17) is 5.73 Å². The number of carbonyl (C=O) groups is 1. The highest BCUT2D eigenvalue weighted by Gasteiger charge is 2.31. The first-order chi connectivity index (χ1) is 8.22. The maximum Gasteiger partial charge on any atom is 0.225 e. The molecule has 0 bridgehead atoms. The third-order valence-electron chi connectivity index (χ3n) is 4.14. The summed E-state index contributed by atoms with van der Waals surface area (Å²) in [7, 11) is 0. The molecule has 2 fully saturated rings. The van der Waals surface area contributed by atoms with Crippen molar-refractivity contribution in [1.29, 1.82) is 0 Å². The maximum atomic E-state index is 12.3. The number of nitrogens with two attached hydrogens (primary N) is 1. The van der Waals surface area contributed by atoms with Crippen molar-refractivity contribution in [2.24, 2.45) is 11.7 Å². The van der Waals surface area contributed by atoms with Crippen LogP contribution in [-0.2, 0) is 4.79 Å². The van der Waals surface area contributed by atoms with Gasteiger partial charge in [-0.15, -0.1) is 0 Å². The second kappa shape index (κ2) is 5.83. The van der Waals surface area contributed by atoms with Crippen LogP contribution in [0.15, 0.2) is 0 Å². The third kappa shape index (κ3) is 2.99. The van der Waals surface area contributed by atoms with Crippen molar-refractivity contribution >= 4 is 5.91 Å². The number of carbonyl (C=O) groups excluding carboxylic acids is 1. The molecule has 4 heteroatoms. The van der Waals surface area contributed by atoms with Crippen LogP contribution in [-0.4, -0.2) is 54.5 Å². The van der Waals surface area contributed by atoms with Crippen molar-refractivity contribution in [1.82, 2.24) is 9.80 Å². The maximum absolute atomic E-state index is 12.3. The molecule has 0 aromatic heterocycles. The van der Waals surface area contributed by atoms with Crippen LogP contribution in [0.25, 0.3) is 0 Å². The van der Waals surface area contributed by atoms with Gasteiger partial charge < -0.3 is 10.6 Å². The van der Waals surface area contributed by atoms with Gasteiger partial charge in [-0.05, 0) is 38.8 Å². The average Bonchev–Trinajstić information content (AvgIpc) is 2.66. The van der Waals surface area contributed by atoms with Gasteiger partial charge in [0.25, 0.3) is 0 Å². The van der Waals surface area contributed by atoms with Crippen molar-refractivity contribution in [3.8, 4) is 0 Å². The molecule has 2 saturated heterocycles. The van der Waals surface area contributed by atoms with Crippen LogP contribution in [0, 0.1) is 5.92 Å². The van der Waals surface area contributed by atoms with E-state index in [0.29, 0.717) is 18.5 Å². The highest BCUT2D eigenvalue weighted by atomic mass is 16.2. The van der Waals surface area contributed by atoms with Gasteiger partial charge in [0.05, 0.1) is 0 Å². The molecule has 98 valence electrons. The quantitative estimate of drug-likeness (QED) is 0.787. The van der Waals surface area contributed by atoms with Crippen LogP contribution in [0.1, 0.15) is 32.6 Å². The molecule has 2 unspecified atom stereocenters. The highest BCUT2D eigenvalue weighted by molar-refractivity contribution is 5.78. The molecule has 2 rings (SSSR count). The molecule has 4 nitrogen and oxygen atoms in total. The molecular formula is C13H25N3O. The molecule has 17 heavy (non-hydrogen) atoms. The fourth-order valence-corrected chi connectivity index (χ4v) is 3.09. The molecule has 2 aliphatic heterocycles. The van der Waals surface area contributed by atoms with E-state index in [-0.39, 0.29) is 5.92 Å². The van der Waals surface area contributed by atoms with E-state index in [1.165, 1.54) is 25.9 Å². The SMILES string of the molecule is CC(CCN)C(=O)N1CCCN2CCCC2C1. The summed E-state index contributed by atoms with van der Waals surface area (Å²) in [6.07, 6.45) is 4.49. The molecule has 0 aliphatic carbocycles. The summed E-state index contributed by atoms with van der Waals surface area (Å²) >= 11 is 0. The minimum absolute atomic E-state index is 0.0907. The summed E-state index contributed by atoms with van der Waals surface area (Å²) in [5.41, 5.74) is 5.53. The van der Waals surface area contributed by atoms with Gasteiger partial charge in [-0.2, -0.15) is 0 Å². The van der Waals surface area contributed by atoms with Gasteiger partial charge in [-0.1, -0.05) is 6.92 Å². The summed E-state index contributed by atoms with van der Waals surface area (Å²) in [5.74, 6) is 0.400. The smallest absolute Gasteiger partial charge is 0.225 e. The van der Waals surface area contributed by atoms with Gasteiger partial charge in [-0.3, -0.25) is 9.69 Å². The predicted molar refractivity (Wildman–Crippen MR) is 68.6 cm³/mol. The van der Waals surface area contributed by atoms with E-state index in [9.17, 15) is 4.79 Å². The second-order valence-corrected chi connectivity index (χ2v) is 5.45. The first-order valence-corrected chi connectivity index (χ1v) is 6.95. The summed E-state index contributed by atoms with van der Waals surface area (Å²) in [4.78, 5) is 16.9. The monoisotopic (exact) mass is 239 g/mol. The molecule has 0 aromatic rings. The fourth-order valence-electron chi connectivity index (χ4n) is 3.09. The first kappa shape index (κ1) is 12.8. The van der Waals surface area contributed by atoms with E-state index < -0.39 is 0 Å². The minimum Gasteiger partial charge on any atom is -0.341 e. The van der Waals surface area contributed by atoms with E-state index in [2.05, 4.69) is 9.80 Å². The van der Waals surface area contributed by atoms with Crippen LogP contribution >= 0.6 is 0 Å². The molecule has 0 spiro atoms. The number of hydrogen-bond donors (Lipinski definition) is 1. The largest absolute Gasteiger partial charge is 0.341 e. The Hall–Kier alpha value is -0.610. The fraction of sp³-hybridized carbons (Fsp3) is 0.923. The highest BCUT2D eigenvalue weighted by Crippen LogP contribution is 2.22. The van der Waals surface area contributed by atoms with Crippen molar-refractivity contribution in [3.05, 3.63) is 0 Å². The zero-order valence-corrected chi connectivity index (χ0v) is 10.9. The summed E-state index contributed by atoms with van der Waals surface area (Å²) in [5, 5.41) is 0. The third-order valence-corrected chi connectivity index (χ3v) is 4.14. The van der Waals surface area contributed by atoms with Crippen LogP contribution < -0.4 is 5.73 Å². The van der Waals surface area contributed by atoms with Gasteiger partial charge in [0.1, 0.15) is 0 Å². The number of hydrogen-bond acceptors (Lipinski definition) is 3. The topological polar surface area (TPSA) is 49.6 Å². The Morgan fingerprint density at radius 3 is 2.88 bits per heavy atom. The first-order valence-electron chi connectivity index (χ1n) is 6.95. The zero-order chi connectivity index (χ0) is 12.3. The standard InChI is InChI=1S/C13H25N3O/c1-11(5-6-14)13(17)16-9-3-8-15-7-2-4-12(15)10-16/h11-12H,2-10,14H2,1H3. The molecule has 0 radical (unpaired) electrons. The Bertz CT molecular complexity index is 269. The molecule has 1 amide bonds. The van der Waals surface area contributed by atoms with Crippen molar-refractivity contribution < 1.29 is 4.79 Å². The van der Waals surface area contributed by atoms with Crippen LogP contribution in [0.4, 0.5) is 0 Å². The lowest BCUT2D eigenvalue weighted by atomic mass is 10.1. The lowest BCUT2D eigenvalue weighted by Gasteiger charge is -2.27. The average molecular weight is 239 g/mol. The molecule has 2 aliphatic rings. The van der Waals surface area contributed by atoms with E-state index in [1.807, 2.05) is 6.92 Å². The lowest BCUT2D eigenvalue weighted by Crippen LogP contribution is -2.42. The Balaban J connectivity index is 1.93. The van der Waals surface area contributed by atoms with Gasteiger partial charge in [0.2, 0.25) is 5.91 Å². The Kier molecular flexibility index (Phi) is 4.40. The normalized spacial score (nSPS) is 27.6. The second-order valence-electron chi connectivity index (χ2n) is 5.45. The Morgan fingerprint density at radius 2 is 2.12 bits per heavy atom. The van der Waals surface area contributed by atoms with E-state index in [1.54, 1.807) is 0 Å². The Morgan fingerprint density at radius 1 is 1.35 bits per heavy atom. The van der Waals surface area contributed by atoms with Gasteiger partial charge in [-0.25, -0.2) is 0 Å². The summed E-state index contributed by atoms with van der Waals surface area (Å²) in [6.45, 7) is 6.88. The number of rotatable bonds is 3. The summed E-state index contributed by atoms with van der Waals surface area (Å²) < 4.78 is 0. The number of fused-ring (bicyclic) bond motifs is 1. The van der Waals surface area contributed by atoms with Crippen molar-refractivity contribution in [2.45, 2.75) is 38.6 Å². The zero-order valence-electron chi connectivity index (χ0n) is 10.9. The van der Waals surface area contributed by atoms with E-state index >= 15 is 0 Å². The van der Waals surface area contributed by atoms with Crippen molar-refractivity contribution in [2.75, 3.05) is 32.7 Å². The van der Waals surface area contributed by atoms with Crippen LogP contribution in [0.3, 0.4) is 0 Å². The molecule has 2 N–H and O–H groups in total. The van der Waals surface area contributed by atoms with Gasteiger partial charge in [0, 0.05) is 31.6 Å². The number of nitrogens with zero attached hydrogens (tertiary/aromatic N) is 2.